The molecule has 0 fully saturated rings. The number of sulfonamides is 1. The van der Waals surface area contributed by atoms with Gasteiger partial charge in [-0.2, -0.15) is 0 Å². The van der Waals surface area contributed by atoms with Gasteiger partial charge in [-0.3, -0.25) is 9.52 Å². The molecule has 1 amide bonds. The molecule has 0 aliphatic heterocycles. The number of anilines is 2. The van der Waals surface area contributed by atoms with E-state index in [0.29, 0.717) is 11.3 Å². The molecule has 148 valence electrons. The van der Waals surface area contributed by atoms with E-state index in [4.69, 9.17) is 4.42 Å². The molecule has 7 nitrogen and oxygen atoms in total. The van der Waals surface area contributed by atoms with Gasteiger partial charge in [-0.05, 0) is 50.2 Å². The molecule has 4 rings (SSSR count). The van der Waals surface area contributed by atoms with Crippen LogP contribution < -0.4 is 10.0 Å². The Labute approximate surface area is 171 Å². The molecule has 0 saturated heterocycles. The van der Waals surface area contributed by atoms with Crippen LogP contribution in [0.1, 0.15) is 21.7 Å². The summed E-state index contributed by atoms with van der Waals surface area (Å²) >= 11 is 1.19. The van der Waals surface area contributed by atoms with Crippen LogP contribution in [0.5, 0.6) is 0 Å². The lowest BCUT2D eigenvalue weighted by Crippen LogP contribution is -2.14. The molecule has 0 atom stereocenters. The number of thiazole rings is 1. The third-order valence-electron chi connectivity index (χ3n) is 4.37. The van der Waals surface area contributed by atoms with Crippen molar-refractivity contribution in [1.29, 1.82) is 0 Å². The highest BCUT2D eigenvalue weighted by atomic mass is 32.2. The summed E-state index contributed by atoms with van der Waals surface area (Å²) in [5.74, 6) is -0.166. The minimum absolute atomic E-state index is 0.0705. The third-order valence-corrected chi connectivity index (χ3v) is 6.55. The predicted molar refractivity (Wildman–Crippen MR) is 113 cm³/mol. The van der Waals surface area contributed by atoms with Crippen molar-refractivity contribution in [2.75, 3.05) is 10.0 Å². The van der Waals surface area contributed by atoms with Gasteiger partial charge in [0.2, 0.25) is 0 Å². The van der Waals surface area contributed by atoms with Crippen LogP contribution >= 0.6 is 11.3 Å². The van der Waals surface area contributed by atoms with Crippen molar-refractivity contribution in [3.05, 3.63) is 70.9 Å². The van der Waals surface area contributed by atoms with Crippen LogP contribution in [0.15, 0.2) is 63.4 Å². The average Bonchev–Trinajstić information content (AvgIpc) is 3.30. The second kappa shape index (κ2) is 7.34. The van der Waals surface area contributed by atoms with Gasteiger partial charge in [-0.1, -0.05) is 11.6 Å². The molecular formula is C20H17N3O4S2. The molecule has 2 aromatic heterocycles. The Morgan fingerprint density at radius 2 is 1.86 bits per heavy atom. The van der Waals surface area contributed by atoms with Crippen LogP contribution in [0, 0.1) is 13.8 Å². The molecule has 0 aliphatic carbocycles. The van der Waals surface area contributed by atoms with Crippen LogP contribution in [0.25, 0.3) is 11.0 Å². The highest BCUT2D eigenvalue weighted by Gasteiger charge is 2.19. The fourth-order valence-electron chi connectivity index (χ4n) is 2.90. The molecular weight excluding hydrogens is 410 g/mol. The van der Waals surface area contributed by atoms with Gasteiger partial charge in [-0.25, -0.2) is 13.4 Å². The second-order valence-corrected chi connectivity index (χ2v) is 9.05. The Morgan fingerprint density at radius 3 is 2.55 bits per heavy atom. The van der Waals surface area contributed by atoms with Gasteiger partial charge in [0, 0.05) is 28.2 Å². The van der Waals surface area contributed by atoms with Crippen LogP contribution in [0.4, 0.5) is 10.8 Å². The minimum atomic E-state index is -3.74. The number of carbonyl (C=O) groups excluding carboxylic acids is 1. The zero-order chi connectivity index (χ0) is 20.6. The molecule has 0 saturated carbocycles. The number of benzene rings is 2. The van der Waals surface area contributed by atoms with Crippen LogP contribution in [-0.4, -0.2) is 19.3 Å². The van der Waals surface area contributed by atoms with E-state index in [0.717, 1.165) is 16.5 Å². The number of carbonyl (C=O) groups is 1. The Kier molecular flexibility index (Phi) is 4.85. The molecule has 29 heavy (non-hydrogen) atoms. The Balaban J connectivity index is 1.53. The maximum absolute atomic E-state index is 12.6. The number of hydrogen-bond donors (Lipinski definition) is 2. The van der Waals surface area contributed by atoms with Crippen LogP contribution in [-0.2, 0) is 10.0 Å². The number of fused-ring (bicyclic) bond motifs is 1. The zero-order valence-electron chi connectivity index (χ0n) is 15.6. The third kappa shape index (κ3) is 3.87. The fourth-order valence-corrected chi connectivity index (χ4v) is 4.69. The summed E-state index contributed by atoms with van der Waals surface area (Å²) in [5, 5.41) is 5.60. The first kappa shape index (κ1) is 19.2. The first-order valence-corrected chi connectivity index (χ1v) is 11.0. The van der Waals surface area contributed by atoms with E-state index in [9.17, 15) is 13.2 Å². The van der Waals surface area contributed by atoms with Crippen LogP contribution in [0.3, 0.4) is 0 Å². The van der Waals surface area contributed by atoms with Crippen molar-refractivity contribution >= 4 is 49.1 Å². The summed E-state index contributed by atoms with van der Waals surface area (Å²) in [4.78, 5) is 16.6. The fraction of sp³-hybridized carbons (Fsp3) is 0.100. The molecule has 2 N–H and O–H groups in total. The van der Waals surface area contributed by atoms with Gasteiger partial charge >= 0.3 is 0 Å². The number of furan rings is 1. The minimum Gasteiger partial charge on any atom is -0.451 e. The molecule has 0 unspecified atom stereocenters. The predicted octanol–water partition coefficient (Wildman–Crippen LogP) is 4.56. The Bertz CT molecular complexity index is 1290. The quantitative estimate of drug-likeness (QED) is 0.486. The SMILES string of the molecule is Cc1ccc2oc(C(=O)Nc3ccc(S(=O)(=O)Nc4nccs4)cc3)c(C)c2c1. The maximum atomic E-state index is 12.6. The number of hydrogen-bond acceptors (Lipinski definition) is 6. The number of nitrogens with one attached hydrogen (secondary N) is 2. The highest BCUT2D eigenvalue weighted by molar-refractivity contribution is 7.93. The van der Waals surface area contributed by atoms with Crippen molar-refractivity contribution in [3.63, 3.8) is 0 Å². The van der Waals surface area contributed by atoms with Crippen LogP contribution in [0.2, 0.25) is 0 Å². The summed E-state index contributed by atoms with van der Waals surface area (Å²) < 4.78 is 32.9. The lowest BCUT2D eigenvalue weighted by molar-refractivity contribution is 0.0998. The summed E-state index contributed by atoms with van der Waals surface area (Å²) in [6, 6.07) is 11.6. The van der Waals surface area contributed by atoms with Gasteiger partial charge in [0.15, 0.2) is 10.9 Å². The molecule has 0 bridgehead atoms. The van der Waals surface area contributed by atoms with Crippen molar-refractivity contribution in [1.82, 2.24) is 4.98 Å². The number of rotatable bonds is 5. The molecule has 2 aromatic carbocycles. The van der Waals surface area contributed by atoms with Gasteiger partial charge < -0.3 is 9.73 Å². The molecule has 0 radical (unpaired) electrons. The number of nitrogens with zero attached hydrogens (tertiary/aromatic N) is 1. The molecule has 4 aromatic rings. The Hall–Kier alpha value is -3.17. The summed E-state index contributed by atoms with van der Waals surface area (Å²) in [5.41, 5.74) is 2.94. The van der Waals surface area contributed by atoms with Crippen molar-refractivity contribution in [2.24, 2.45) is 0 Å². The Morgan fingerprint density at radius 1 is 1.10 bits per heavy atom. The van der Waals surface area contributed by atoms with E-state index in [1.807, 2.05) is 32.0 Å². The number of aryl methyl sites for hydroxylation is 2. The summed E-state index contributed by atoms with van der Waals surface area (Å²) in [7, 11) is -3.74. The topological polar surface area (TPSA) is 101 Å². The normalized spacial score (nSPS) is 11.5. The first-order chi connectivity index (χ1) is 13.8. The van der Waals surface area contributed by atoms with E-state index >= 15 is 0 Å². The van der Waals surface area contributed by atoms with Crippen molar-refractivity contribution in [2.45, 2.75) is 18.7 Å². The molecule has 9 heteroatoms. The van der Waals surface area contributed by atoms with E-state index in [2.05, 4.69) is 15.0 Å². The highest BCUT2D eigenvalue weighted by Crippen LogP contribution is 2.27. The summed E-state index contributed by atoms with van der Waals surface area (Å²) in [6.07, 6.45) is 1.52. The smallest absolute Gasteiger partial charge is 0.291 e. The largest absolute Gasteiger partial charge is 0.451 e. The lowest BCUT2D eigenvalue weighted by atomic mass is 10.1. The average molecular weight is 428 g/mol. The monoisotopic (exact) mass is 427 g/mol. The first-order valence-electron chi connectivity index (χ1n) is 8.67. The number of aromatic nitrogens is 1. The van der Waals surface area contributed by atoms with E-state index < -0.39 is 15.9 Å². The van der Waals surface area contributed by atoms with E-state index in [1.165, 1.54) is 41.8 Å². The van der Waals surface area contributed by atoms with Gasteiger partial charge in [0.1, 0.15) is 5.58 Å². The van der Waals surface area contributed by atoms with Crippen molar-refractivity contribution < 1.29 is 17.6 Å². The van der Waals surface area contributed by atoms with Gasteiger partial charge in [0.05, 0.1) is 4.90 Å². The maximum Gasteiger partial charge on any atom is 0.291 e. The van der Waals surface area contributed by atoms with E-state index in [-0.39, 0.29) is 15.8 Å². The molecule has 0 spiro atoms. The second-order valence-electron chi connectivity index (χ2n) is 6.48. The van der Waals surface area contributed by atoms with Gasteiger partial charge in [-0.15, -0.1) is 11.3 Å². The lowest BCUT2D eigenvalue weighted by Gasteiger charge is -2.07. The number of amides is 1. The van der Waals surface area contributed by atoms with Crippen molar-refractivity contribution in [3.8, 4) is 0 Å². The van der Waals surface area contributed by atoms with E-state index in [1.54, 1.807) is 5.38 Å². The van der Waals surface area contributed by atoms with Gasteiger partial charge in [0.25, 0.3) is 15.9 Å². The summed E-state index contributed by atoms with van der Waals surface area (Å²) in [6.45, 7) is 3.81. The molecule has 0 aliphatic rings. The molecule has 2 heterocycles. The standard InChI is InChI=1S/C20H17N3O4S2/c1-12-3-8-17-16(11-12)13(2)18(27-17)19(24)22-14-4-6-15(7-5-14)29(25,26)23-20-21-9-10-28-20/h3-11H,1-2H3,(H,21,23)(H,22,24). The zero-order valence-corrected chi connectivity index (χ0v) is 17.2.